The number of alkyl halides is 6. The van der Waals surface area contributed by atoms with E-state index in [1.165, 1.54) is 20.1 Å². The number of carboxylic acids is 1. The number of amides is 2. The number of nitrogens with zero attached hydrogens (tertiary/aromatic N) is 4. The maximum Gasteiger partial charge on any atom is 0.416 e. The molecule has 2 aliphatic rings. The number of rotatable bonds is 29. The Balaban J connectivity index is 0.000000286. The van der Waals surface area contributed by atoms with Crippen LogP contribution in [-0.4, -0.2) is 134 Å². The first kappa shape index (κ1) is 80.8. The summed E-state index contributed by atoms with van der Waals surface area (Å²) >= 11 is 0. The van der Waals surface area contributed by atoms with Gasteiger partial charge in [-0.2, -0.15) is 26.3 Å². The van der Waals surface area contributed by atoms with Gasteiger partial charge < -0.3 is 48.6 Å². The lowest BCUT2D eigenvalue weighted by Crippen LogP contribution is -2.52. The molecule has 0 saturated carbocycles. The van der Waals surface area contributed by atoms with Crippen LogP contribution in [0, 0.1) is 65.0 Å². The van der Waals surface area contributed by atoms with Crippen LogP contribution < -0.4 is 31.2 Å². The lowest BCUT2D eigenvalue weighted by molar-refractivity contribution is -0.144. The SMILES string of the molecule is CCOC(=O)C[C@H](NC(=O)C(CC(C)C)n1cc(CCN2CC(OC)C2)c(C(F)(F)F)cc1=O)c1cc(-c2c(C)ccc(OC)c2C)cc(C)c1F.COc1ccc(C)c(-c2cc(C)c(F)c([C@H](CC(=O)O)NC(=O)C(CC(C)C)n3cc(CCN4CC(OC)C4)c(C(F)(F)F)cc3=O)c2)c1C. The molecule has 6 aromatic rings. The van der Waals surface area contributed by atoms with E-state index < -0.39 is 107 Å². The zero-order valence-corrected chi connectivity index (χ0v) is 60.5. The van der Waals surface area contributed by atoms with Crippen molar-refractivity contribution in [2.75, 3.05) is 74.3 Å². The lowest BCUT2D eigenvalue weighted by atomic mass is 9.90. The second-order valence-electron chi connectivity index (χ2n) is 27.2. The molecule has 18 nitrogen and oxygen atoms in total. The maximum atomic E-state index is 16.1. The third-order valence-electron chi connectivity index (χ3n) is 18.8. The predicted molar refractivity (Wildman–Crippen MR) is 371 cm³/mol. The molecule has 0 aliphatic carbocycles. The number of carbonyl (C=O) groups excluding carboxylic acids is 3. The average molecular weight is 1440 g/mol. The fourth-order valence-corrected chi connectivity index (χ4v) is 13.4. The number of carboxylic acid groups (broad SMARTS) is 1. The van der Waals surface area contributed by atoms with Crippen LogP contribution in [0.4, 0.5) is 35.1 Å². The molecule has 2 fully saturated rings. The summed E-state index contributed by atoms with van der Waals surface area (Å²) in [7, 11) is 6.22. The number of hydrogen-bond donors (Lipinski definition) is 3. The first-order valence-electron chi connectivity index (χ1n) is 34.0. The van der Waals surface area contributed by atoms with Crippen LogP contribution in [0.5, 0.6) is 11.5 Å². The molecule has 0 spiro atoms. The molecule has 2 unspecified atom stereocenters. The molecule has 0 radical (unpaired) electrons. The normalized spacial score (nSPS) is 15.0. The third-order valence-corrected chi connectivity index (χ3v) is 18.8. The van der Waals surface area contributed by atoms with Crippen molar-refractivity contribution in [1.82, 2.24) is 29.6 Å². The Bertz CT molecular complexity index is 4120. The molecule has 102 heavy (non-hydrogen) atoms. The van der Waals surface area contributed by atoms with Gasteiger partial charge >= 0.3 is 24.3 Å². The molecule has 8 rings (SSSR count). The molecule has 2 aliphatic heterocycles. The van der Waals surface area contributed by atoms with Gasteiger partial charge in [0.1, 0.15) is 35.2 Å². The van der Waals surface area contributed by atoms with Crippen molar-refractivity contribution in [3.05, 3.63) is 172 Å². The number of benzene rings is 4. The number of nitrogens with one attached hydrogen (secondary N) is 2. The highest BCUT2D eigenvalue weighted by Crippen LogP contribution is 2.41. The van der Waals surface area contributed by atoms with E-state index in [-0.39, 0.29) is 96.3 Å². The van der Waals surface area contributed by atoms with Crippen molar-refractivity contribution in [3.63, 3.8) is 0 Å². The largest absolute Gasteiger partial charge is 0.496 e. The monoisotopic (exact) mass is 1430 g/mol. The Morgan fingerprint density at radius 1 is 0.559 bits per heavy atom. The number of ether oxygens (including phenoxy) is 5. The first-order valence-corrected chi connectivity index (χ1v) is 34.0. The Hall–Kier alpha value is -8.46. The molecule has 556 valence electrons. The van der Waals surface area contributed by atoms with Crippen LogP contribution in [0.2, 0.25) is 0 Å². The van der Waals surface area contributed by atoms with Gasteiger partial charge in [-0.25, -0.2) is 8.78 Å². The van der Waals surface area contributed by atoms with Gasteiger partial charge in [0, 0.05) is 89.1 Å². The van der Waals surface area contributed by atoms with Gasteiger partial charge in [-0.3, -0.25) is 38.6 Å². The van der Waals surface area contributed by atoms with Gasteiger partial charge in [0.05, 0.1) is 69.1 Å². The Morgan fingerprint density at radius 3 is 1.25 bits per heavy atom. The number of pyridine rings is 2. The summed E-state index contributed by atoms with van der Waals surface area (Å²) in [4.78, 5) is 83.9. The fourth-order valence-electron chi connectivity index (χ4n) is 13.4. The summed E-state index contributed by atoms with van der Waals surface area (Å²) in [6.07, 6.45) is -8.46. The molecule has 4 heterocycles. The standard InChI is InChI=1S/C39H49F4N3O6.C37H45F4N3O6/c1-9-52-35(48)18-31(29-16-27(15-24(5)37(29)40)36-23(4)10-11-33(51-8)25(36)6)44-38(49)32(14-22(2)3)46-19-26(12-13-45-20-28(21-45)50-7)30(17-34(46)47)39(41,42)43;1-20(2)12-30(44-17-24(10-11-43-18-26(19-43)49-6)28(15-32(44)45)37(39,40)41)36(48)42-29(16-33(46)47)27-14-25(13-22(4)35(27)38)34-21(3)8-9-31(50-7)23(34)5/h10-11,15-17,19,22,28,31-32H,9,12-14,18,20-21H2,1-8H3,(H,44,49);8-9,13-15,17,20,26,29-30H,10-12,16,18-19H2,1-7H3,(H,42,48)(H,46,47)/t31-,32?;29-,30?/m00/s1. The van der Waals surface area contributed by atoms with Gasteiger partial charge in [0.15, 0.2) is 0 Å². The van der Waals surface area contributed by atoms with Crippen LogP contribution in [0.1, 0.15) is 151 Å². The zero-order valence-electron chi connectivity index (χ0n) is 60.5. The minimum atomic E-state index is -4.81. The number of aromatic nitrogens is 2. The highest BCUT2D eigenvalue weighted by atomic mass is 19.4. The quantitative estimate of drug-likeness (QED) is 0.0295. The first-order chi connectivity index (χ1) is 47.9. The van der Waals surface area contributed by atoms with Crippen molar-refractivity contribution in [1.29, 1.82) is 0 Å². The van der Waals surface area contributed by atoms with Crippen molar-refractivity contribution in [3.8, 4) is 33.8 Å². The number of aliphatic carboxylic acids is 1. The number of halogens is 8. The smallest absolute Gasteiger partial charge is 0.416 e. The molecular formula is C76H94F8N6O12. The number of likely N-dealkylation sites (tertiary alicyclic amines) is 2. The van der Waals surface area contributed by atoms with Crippen LogP contribution in [0.15, 0.2) is 82.6 Å². The second-order valence-corrected chi connectivity index (χ2v) is 27.2. The summed E-state index contributed by atoms with van der Waals surface area (Å²) < 4.78 is 146. The van der Waals surface area contributed by atoms with E-state index >= 15 is 8.78 Å². The van der Waals surface area contributed by atoms with Crippen LogP contribution in [0.3, 0.4) is 0 Å². The van der Waals surface area contributed by atoms with Gasteiger partial charge in [0.25, 0.3) is 11.1 Å². The second kappa shape index (κ2) is 34.7. The molecule has 26 heteroatoms. The van der Waals surface area contributed by atoms with E-state index in [4.69, 9.17) is 23.7 Å². The van der Waals surface area contributed by atoms with Gasteiger partial charge in [-0.15, -0.1) is 0 Å². The summed E-state index contributed by atoms with van der Waals surface area (Å²) in [5.74, 6) is -4.09. The van der Waals surface area contributed by atoms with Crippen LogP contribution in [0.25, 0.3) is 22.3 Å². The van der Waals surface area contributed by atoms with E-state index in [9.17, 15) is 60.2 Å². The predicted octanol–water partition coefficient (Wildman–Crippen LogP) is 13.3. The van der Waals surface area contributed by atoms with E-state index in [0.717, 1.165) is 54.9 Å². The van der Waals surface area contributed by atoms with E-state index in [1.54, 1.807) is 67.2 Å². The van der Waals surface area contributed by atoms with Crippen LogP contribution in [-0.2, 0) is 58.6 Å². The molecule has 4 aromatic carbocycles. The fraction of sp³-hybridized carbons (Fsp3) is 0.500. The summed E-state index contributed by atoms with van der Waals surface area (Å²) in [5.41, 5.74) is 2.08. The lowest BCUT2D eigenvalue weighted by Gasteiger charge is -2.38. The highest BCUT2D eigenvalue weighted by Gasteiger charge is 2.40. The van der Waals surface area contributed by atoms with E-state index in [2.05, 4.69) is 10.6 Å². The van der Waals surface area contributed by atoms with E-state index in [0.29, 0.717) is 67.5 Å². The molecule has 2 saturated heterocycles. The van der Waals surface area contributed by atoms with Crippen molar-refractivity contribution in [2.45, 2.75) is 163 Å². The highest BCUT2D eigenvalue weighted by molar-refractivity contribution is 5.84. The summed E-state index contributed by atoms with van der Waals surface area (Å²) in [6.45, 7) is 22.4. The van der Waals surface area contributed by atoms with Crippen LogP contribution >= 0.6 is 0 Å². The number of carbonyl (C=O) groups is 4. The average Bonchev–Trinajstić information content (AvgIpc) is 0.792. The number of methoxy groups -OCH3 is 4. The van der Waals surface area contributed by atoms with Crippen molar-refractivity contribution < 1.29 is 83.1 Å². The molecule has 2 aromatic heterocycles. The zero-order chi connectivity index (χ0) is 75.6. The Kier molecular flexibility index (Phi) is 27.5. The van der Waals surface area contributed by atoms with Gasteiger partial charge in [0.2, 0.25) is 11.8 Å². The molecule has 4 atom stereocenters. The Labute approximate surface area is 589 Å². The molecule has 0 bridgehead atoms. The summed E-state index contributed by atoms with van der Waals surface area (Å²) in [6, 6.07) is 9.60. The molecule has 3 N–H and O–H groups in total. The van der Waals surface area contributed by atoms with E-state index in [1.807, 2.05) is 75.6 Å². The molecule has 2 amide bonds. The Morgan fingerprint density at radius 2 is 0.931 bits per heavy atom. The minimum absolute atomic E-state index is 0.00166. The van der Waals surface area contributed by atoms with Gasteiger partial charge in [-0.1, -0.05) is 39.8 Å². The minimum Gasteiger partial charge on any atom is -0.496 e. The third kappa shape index (κ3) is 19.8. The van der Waals surface area contributed by atoms with Crippen molar-refractivity contribution in [2.24, 2.45) is 11.8 Å². The van der Waals surface area contributed by atoms with Gasteiger partial charge in [-0.05, 0) is 189 Å². The van der Waals surface area contributed by atoms with Crippen molar-refractivity contribution >= 4 is 23.8 Å². The topological polar surface area (TPSA) is 209 Å². The number of esters is 1. The number of hydrogen-bond acceptors (Lipinski definition) is 13. The molecular weight excluding hydrogens is 1340 g/mol. The number of aryl methyl sites for hydroxylation is 4. The summed E-state index contributed by atoms with van der Waals surface area (Å²) in [5, 5.41) is 15.3. The maximum absolute atomic E-state index is 16.1.